The number of hydrogen-bond acceptors (Lipinski definition) is 5. The van der Waals surface area contributed by atoms with Crippen LogP contribution in [0.15, 0.2) is 36.4 Å². The second-order valence-electron chi connectivity index (χ2n) is 7.59. The van der Waals surface area contributed by atoms with Crippen LogP contribution in [0.1, 0.15) is 41.2 Å². The van der Waals surface area contributed by atoms with Crippen LogP contribution in [0.5, 0.6) is 0 Å². The zero-order chi connectivity index (χ0) is 19.9. The summed E-state index contributed by atoms with van der Waals surface area (Å²) in [6.45, 7) is 1.79. The molecule has 4 atom stereocenters. The normalized spacial score (nSPS) is 29.2. The van der Waals surface area contributed by atoms with Gasteiger partial charge in [-0.3, -0.25) is 0 Å². The monoisotopic (exact) mass is 388 g/mol. The fraction of sp³-hybridized carbons (Fsp3) is 0.455. The van der Waals surface area contributed by atoms with Gasteiger partial charge >= 0.3 is 0 Å². The molecule has 1 spiro atoms. The molecular weight excluding hydrogens is 363 g/mol. The minimum Gasteiger partial charge on any atom is -0.394 e. The van der Waals surface area contributed by atoms with Crippen molar-refractivity contribution in [3.63, 3.8) is 0 Å². The predicted octanol–water partition coefficient (Wildman–Crippen LogP) is 2.16. The van der Waals surface area contributed by atoms with Crippen molar-refractivity contribution in [2.75, 3.05) is 6.61 Å². The molecule has 6 heteroatoms. The van der Waals surface area contributed by atoms with Gasteiger partial charge in [-0.2, -0.15) is 0 Å². The molecule has 2 aromatic rings. The van der Waals surface area contributed by atoms with Crippen LogP contribution in [-0.4, -0.2) is 40.2 Å². The quantitative estimate of drug-likeness (QED) is 0.748. The third-order valence-electron chi connectivity index (χ3n) is 5.74. The van der Waals surface area contributed by atoms with Crippen molar-refractivity contribution >= 4 is 0 Å². The Morgan fingerprint density at radius 3 is 2.54 bits per heavy atom. The Hall–Kier alpha value is -1.83. The highest BCUT2D eigenvalue weighted by Gasteiger charge is 2.51. The Morgan fingerprint density at radius 2 is 1.86 bits per heavy atom. The van der Waals surface area contributed by atoms with Crippen LogP contribution in [0.4, 0.5) is 4.39 Å². The Balaban J connectivity index is 1.67. The van der Waals surface area contributed by atoms with Crippen molar-refractivity contribution in [3.8, 4) is 0 Å². The highest BCUT2D eigenvalue weighted by atomic mass is 19.1. The summed E-state index contributed by atoms with van der Waals surface area (Å²) in [5.41, 5.74) is 4.04. The molecule has 150 valence electrons. The van der Waals surface area contributed by atoms with E-state index in [1.165, 1.54) is 11.6 Å². The van der Waals surface area contributed by atoms with E-state index in [1.807, 2.05) is 24.3 Å². The fourth-order valence-corrected chi connectivity index (χ4v) is 4.07. The van der Waals surface area contributed by atoms with Gasteiger partial charge in [0.05, 0.1) is 19.3 Å². The molecule has 5 nitrogen and oxygen atoms in total. The first-order chi connectivity index (χ1) is 13.5. The van der Waals surface area contributed by atoms with Crippen LogP contribution in [-0.2, 0) is 34.7 Å². The summed E-state index contributed by atoms with van der Waals surface area (Å²) in [7, 11) is 0. The van der Waals surface area contributed by atoms with E-state index in [0.29, 0.717) is 23.1 Å². The zero-order valence-electron chi connectivity index (χ0n) is 15.8. The lowest BCUT2D eigenvalue weighted by Gasteiger charge is -2.42. The van der Waals surface area contributed by atoms with Crippen LogP contribution >= 0.6 is 0 Å². The van der Waals surface area contributed by atoms with E-state index in [4.69, 9.17) is 9.47 Å². The van der Waals surface area contributed by atoms with E-state index < -0.39 is 30.7 Å². The average molecular weight is 388 g/mol. The number of aryl methyl sites for hydroxylation is 1. The van der Waals surface area contributed by atoms with Gasteiger partial charge in [0, 0.05) is 18.4 Å². The van der Waals surface area contributed by atoms with Gasteiger partial charge in [-0.25, -0.2) is 4.39 Å². The molecule has 2 aliphatic heterocycles. The van der Waals surface area contributed by atoms with Crippen LogP contribution < -0.4 is 0 Å². The largest absolute Gasteiger partial charge is 0.394 e. The minimum atomic E-state index is -1.28. The molecule has 1 unspecified atom stereocenters. The van der Waals surface area contributed by atoms with Gasteiger partial charge < -0.3 is 24.8 Å². The maximum absolute atomic E-state index is 14.7. The topological polar surface area (TPSA) is 79.2 Å². The maximum Gasteiger partial charge on any atom is 0.198 e. The molecule has 1 fully saturated rings. The van der Waals surface area contributed by atoms with Crippen molar-refractivity contribution in [2.45, 2.75) is 56.9 Å². The van der Waals surface area contributed by atoms with Gasteiger partial charge in [-0.05, 0) is 40.8 Å². The van der Waals surface area contributed by atoms with E-state index in [0.717, 1.165) is 12.0 Å². The Bertz CT molecular complexity index is 853. The Morgan fingerprint density at radius 1 is 1.14 bits per heavy atom. The molecule has 2 aliphatic rings. The molecule has 0 aliphatic carbocycles. The maximum atomic E-state index is 14.7. The van der Waals surface area contributed by atoms with Gasteiger partial charge in [0.15, 0.2) is 5.79 Å². The van der Waals surface area contributed by atoms with E-state index in [1.54, 1.807) is 6.07 Å². The highest BCUT2D eigenvalue weighted by Crippen LogP contribution is 2.46. The van der Waals surface area contributed by atoms with Crippen molar-refractivity contribution < 1.29 is 29.2 Å². The van der Waals surface area contributed by atoms with E-state index in [9.17, 15) is 19.7 Å². The molecule has 0 aromatic heterocycles. The van der Waals surface area contributed by atoms with Crippen LogP contribution in [0.25, 0.3) is 0 Å². The number of aliphatic hydroxyl groups excluding tert-OH is 3. The van der Waals surface area contributed by atoms with E-state index in [2.05, 4.69) is 6.92 Å². The summed E-state index contributed by atoms with van der Waals surface area (Å²) in [6, 6.07) is 11.3. The molecule has 3 N–H and O–H groups in total. The first kappa shape index (κ1) is 19.5. The SMILES string of the molecule is CCc1ccc(Cc2cc3c(cc2F)CO[C@@]32C[C@@H](O)[C@H](O)C(CO)O2)cc1. The first-order valence-corrected chi connectivity index (χ1v) is 9.64. The minimum absolute atomic E-state index is 0.0218. The fourth-order valence-electron chi connectivity index (χ4n) is 4.07. The lowest BCUT2D eigenvalue weighted by molar-refractivity contribution is -0.326. The Labute approximate surface area is 163 Å². The molecule has 2 heterocycles. The number of fused-ring (bicyclic) bond motifs is 2. The van der Waals surface area contributed by atoms with Crippen LogP contribution in [0.2, 0.25) is 0 Å². The second kappa shape index (κ2) is 7.54. The second-order valence-corrected chi connectivity index (χ2v) is 7.59. The zero-order valence-corrected chi connectivity index (χ0v) is 15.8. The Kier molecular flexibility index (Phi) is 5.24. The number of rotatable bonds is 4. The van der Waals surface area contributed by atoms with Crippen molar-refractivity contribution in [2.24, 2.45) is 0 Å². The summed E-state index contributed by atoms with van der Waals surface area (Å²) in [5.74, 6) is -1.59. The standard InChI is InChI=1S/C22H25FO5/c1-2-13-3-5-14(6-4-13)7-15-8-17-16(9-18(15)23)12-27-22(17)10-19(25)21(26)20(11-24)28-22/h3-6,8-9,19-21,24-26H,2,7,10-12H2,1H3/t19-,20?,21+,22-/m1/s1. The lowest BCUT2D eigenvalue weighted by Crippen LogP contribution is -2.54. The van der Waals surface area contributed by atoms with Crippen molar-refractivity contribution in [1.82, 2.24) is 0 Å². The number of hydrogen-bond donors (Lipinski definition) is 3. The van der Waals surface area contributed by atoms with Gasteiger partial charge in [0.1, 0.15) is 18.0 Å². The molecular formula is C22H25FO5. The third-order valence-corrected chi connectivity index (χ3v) is 5.74. The molecule has 1 saturated heterocycles. The molecule has 2 aromatic carbocycles. The van der Waals surface area contributed by atoms with Gasteiger partial charge in [0.2, 0.25) is 0 Å². The summed E-state index contributed by atoms with van der Waals surface area (Å²) in [6.07, 6.45) is -1.87. The molecule has 0 saturated carbocycles. The number of benzene rings is 2. The lowest BCUT2D eigenvalue weighted by atomic mass is 9.88. The summed E-state index contributed by atoms with van der Waals surface area (Å²) < 4.78 is 26.4. The van der Waals surface area contributed by atoms with Gasteiger partial charge in [0.25, 0.3) is 0 Å². The van der Waals surface area contributed by atoms with Crippen LogP contribution in [0, 0.1) is 5.82 Å². The number of ether oxygens (including phenoxy) is 2. The molecule has 0 amide bonds. The molecule has 28 heavy (non-hydrogen) atoms. The molecule has 4 rings (SSSR count). The number of halogens is 1. The molecule has 0 radical (unpaired) electrons. The van der Waals surface area contributed by atoms with Gasteiger partial charge in [-0.15, -0.1) is 0 Å². The third kappa shape index (κ3) is 3.36. The highest BCUT2D eigenvalue weighted by molar-refractivity contribution is 5.41. The van der Waals surface area contributed by atoms with Crippen LogP contribution in [0.3, 0.4) is 0 Å². The van der Waals surface area contributed by atoms with E-state index >= 15 is 0 Å². The summed E-state index contributed by atoms with van der Waals surface area (Å²) >= 11 is 0. The van der Waals surface area contributed by atoms with Crippen molar-refractivity contribution in [1.29, 1.82) is 0 Å². The average Bonchev–Trinajstić information content (AvgIpc) is 3.02. The van der Waals surface area contributed by atoms with Gasteiger partial charge in [-0.1, -0.05) is 31.2 Å². The predicted molar refractivity (Wildman–Crippen MR) is 100 cm³/mol. The smallest absolute Gasteiger partial charge is 0.198 e. The van der Waals surface area contributed by atoms with E-state index in [-0.39, 0.29) is 18.8 Å². The first-order valence-electron chi connectivity index (χ1n) is 9.64. The molecule has 0 bridgehead atoms. The van der Waals surface area contributed by atoms with Crippen molar-refractivity contribution in [3.05, 3.63) is 70.0 Å². The summed E-state index contributed by atoms with van der Waals surface area (Å²) in [4.78, 5) is 0. The summed E-state index contributed by atoms with van der Waals surface area (Å²) in [5, 5.41) is 29.8. The number of aliphatic hydroxyl groups is 3.